The van der Waals surface area contributed by atoms with E-state index in [1.807, 2.05) is 0 Å². The monoisotopic (exact) mass is 292 g/mol. The standard InChI is InChI=1S/C15H20N2O4/c1-9(14(20)21-15(2,3)4)17-13(19)11-7-5-6-10(8-11)12(16)18/h5-9H,1-4H3,(H2,16,18)(H,17,19)/t9-/m1/s1. The third-order valence-corrected chi connectivity index (χ3v) is 2.52. The Bertz CT molecular complexity index is 561. The molecule has 1 atom stereocenters. The van der Waals surface area contributed by atoms with Gasteiger partial charge in [0.15, 0.2) is 0 Å². The lowest BCUT2D eigenvalue weighted by molar-refractivity contribution is -0.156. The first kappa shape index (κ1) is 16.7. The van der Waals surface area contributed by atoms with Crippen LogP contribution in [-0.4, -0.2) is 29.4 Å². The van der Waals surface area contributed by atoms with Gasteiger partial charge in [0.25, 0.3) is 5.91 Å². The molecule has 1 aromatic rings. The SMILES string of the molecule is C[C@@H](NC(=O)c1cccc(C(N)=O)c1)C(=O)OC(C)(C)C. The Labute approximate surface area is 123 Å². The molecule has 0 saturated carbocycles. The average molecular weight is 292 g/mol. The van der Waals surface area contributed by atoms with Crippen molar-refractivity contribution in [3.05, 3.63) is 35.4 Å². The molecule has 3 N–H and O–H groups in total. The number of amides is 2. The summed E-state index contributed by atoms with van der Waals surface area (Å²) in [6.45, 7) is 6.77. The molecule has 0 fully saturated rings. The largest absolute Gasteiger partial charge is 0.458 e. The van der Waals surface area contributed by atoms with Crippen molar-refractivity contribution in [1.82, 2.24) is 5.32 Å². The van der Waals surface area contributed by atoms with E-state index in [1.165, 1.54) is 25.1 Å². The second kappa shape index (κ2) is 6.39. The Morgan fingerprint density at radius 1 is 1.19 bits per heavy atom. The predicted octanol–water partition coefficient (Wildman–Crippen LogP) is 1.25. The van der Waals surface area contributed by atoms with Gasteiger partial charge in [0, 0.05) is 11.1 Å². The van der Waals surface area contributed by atoms with Crippen molar-refractivity contribution in [2.45, 2.75) is 39.3 Å². The molecule has 21 heavy (non-hydrogen) atoms. The molecule has 0 unspecified atom stereocenters. The molecule has 0 spiro atoms. The Hall–Kier alpha value is -2.37. The lowest BCUT2D eigenvalue weighted by Gasteiger charge is -2.22. The summed E-state index contributed by atoms with van der Waals surface area (Å²) < 4.78 is 5.17. The molecule has 114 valence electrons. The van der Waals surface area contributed by atoms with Crippen LogP contribution in [0, 0.1) is 0 Å². The lowest BCUT2D eigenvalue weighted by Crippen LogP contribution is -2.42. The van der Waals surface area contributed by atoms with E-state index in [4.69, 9.17) is 10.5 Å². The molecule has 0 aliphatic carbocycles. The first-order chi connectivity index (χ1) is 9.60. The van der Waals surface area contributed by atoms with Gasteiger partial charge < -0.3 is 15.8 Å². The number of primary amides is 1. The van der Waals surface area contributed by atoms with E-state index in [1.54, 1.807) is 26.8 Å². The van der Waals surface area contributed by atoms with Crippen LogP contribution >= 0.6 is 0 Å². The zero-order valence-electron chi connectivity index (χ0n) is 12.6. The third kappa shape index (κ3) is 5.25. The number of esters is 1. The Kier molecular flexibility index (Phi) is 5.07. The minimum atomic E-state index is -0.797. The molecule has 2 amide bonds. The molecule has 6 nitrogen and oxygen atoms in total. The topological polar surface area (TPSA) is 98.5 Å². The second-order valence-electron chi connectivity index (χ2n) is 5.67. The fourth-order valence-corrected chi connectivity index (χ4v) is 1.54. The van der Waals surface area contributed by atoms with Crippen LogP contribution in [0.3, 0.4) is 0 Å². The average Bonchev–Trinajstić information content (AvgIpc) is 2.36. The van der Waals surface area contributed by atoms with Crippen LogP contribution in [0.4, 0.5) is 0 Å². The maximum atomic E-state index is 12.0. The molecule has 0 aliphatic heterocycles. The van der Waals surface area contributed by atoms with Crippen LogP contribution < -0.4 is 11.1 Å². The molecule has 0 aliphatic rings. The molecular weight excluding hydrogens is 272 g/mol. The van der Waals surface area contributed by atoms with Gasteiger partial charge in [-0.2, -0.15) is 0 Å². The van der Waals surface area contributed by atoms with E-state index in [2.05, 4.69) is 5.32 Å². The van der Waals surface area contributed by atoms with E-state index < -0.39 is 29.4 Å². The number of nitrogens with one attached hydrogen (secondary N) is 1. The van der Waals surface area contributed by atoms with Crippen molar-refractivity contribution in [1.29, 1.82) is 0 Å². The van der Waals surface area contributed by atoms with Crippen LogP contribution in [0.5, 0.6) is 0 Å². The molecule has 0 aromatic heterocycles. The van der Waals surface area contributed by atoms with E-state index in [0.29, 0.717) is 0 Å². The number of benzene rings is 1. The number of rotatable bonds is 4. The number of carbonyl (C=O) groups excluding carboxylic acids is 3. The summed E-state index contributed by atoms with van der Waals surface area (Å²) >= 11 is 0. The Morgan fingerprint density at radius 2 is 1.76 bits per heavy atom. The highest BCUT2D eigenvalue weighted by atomic mass is 16.6. The van der Waals surface area contributed by atoms with Crippen LogP contribution in [0.2, 0.25) is 0 Å². The third-order valence-electron chi connectivity index (χ3n) is 2.52. The summed E-state index contributed by atoms with van der Waals surface area (Å²) in [5.74, 6) is -1.62. The smallest absolute Gasteiger partial charge is 0.328 e. The summed E-state index contributed by atoms with van der Waals surface area (Å²) in [6.07, 6.45) is 0. The quantitative estimate of drug-likeness (QED) is 0.816. The number of nitrogens with two attached hydrogens (primary N) is 1. The van der Waals surface area contributed by atoms with Crippen molar-refractivity contribution in [3.63, 3.8) is 0 Å². The molecule has 0 heterocycles. The van der Waals surface area contributed by atoms with Crippen LogP contribution in [0.1, 0.15) is 48.4 Å². The zero-order valence-corrected chi connectivity index (χ0v) is 12.6. The number of hydrogen-bond donors (Lipinski definition) is 2. The fourth-order valence-electron chi connectivity index (χ4n) is 1.54. The molecule has 0 radical (unpaired) electrons. The fraction of sp³-hybridized carbons (Fsp3) is 0.400. The van der Waals surface area contributed by atoms with Crippen LogP contribution in [0.15, 0.2) is 24.3 Å². The van der Waals surface area contributed by atoms with Crippen LogP contribution in [-0.2, 0) is 9.53 Å². The van der Waals surface area contributed by atoms with Crippen molar-refractivity contribution in [3.8, 4) is 0 Å². The highest BCUT2D eigenvalue weighted by Gasteiger charge is 2.23. The van der Waals surface area contributed by atoms with Gasteiger partial charge in [-0.05, 0) is 45.9 Å². The van der Waals surface area contributed by atoms with Crippen molar-refractivity contribution in [2.24, 2.45) is 5.73 Å². The van der Waals surface area contributed by atoms with Crippen LogP contribution in [0.25, 0.3) is 0 Å². The first-order valence-corrected chi connectivity index (χ1v) is 6.54. The normalized spacial score (nSPS) is 12.4. The summed E-state index contributed by atoms with van der Waals surface area (Å²) in [5.41, 5.74) is 5.01. The van der Waals surface area contributed by atoms with Gasteiger partial charge in [-0.15, -0.1) is 0 Å². The highest BCUT2D eigenvalue weighted by Crippen LogP contribution is 2.09. The Balaban J connectivity index is 2.75. The minimum absolute atomic E-state index is 0.229. The van der Waals surface area contributed by atoms with Gasteiger partial charge in [0.2, 0.25) is 5.91 Å². The summed E-state index contributed by atoms with van der Waals surface area (Å²) in [6, 6.07) is 5.17. The second-order valence-corrected chi connectivity index (χ2v) is 5.67. The molecule has 6 heteroatoms. The van der Waals surface area contributed by atoms with Gasteiger partial charge in [-0.3, -0.25) is 9.59 Å². The summed E-state index contributed by atoms with van der Waals surface area (Å²) in [4.78, 5) is 34.9. The summed E-state index contributed by atoms with van der Waals surface area (Å²) in [7, 11) is 0. The lowest BCUT2D eigenvalue weighted by atomic mass is 10.1. The maximum absolute atomic E-state index is 12.0. The summed E-state index contributed by atoms with van der Waals surface area (Å²) in [5, 5.41) is 2.52. The maximum Gasteiger partial charge on any atom is 0.328 e. The van der Waals surface area contributed by atoms with E-state index in [9.17, 15) is 14.4 Å². The van der Waals surface area contributed by atoms with Gasteiger partial charge in [0.05, 0.1) is 0 Å². The molecular formula is C15H20N2O4. The van der Waals surface area contributed by atoms with E-state index in [0.717, 1.165) is 0 Å². The Morgan fingerprint density at radius 3 is 2.29 bits per heavy atom. The predicted molar refractivity (Wildman–Crippen MR) is 77.7 cm³/mol. The van der Waals surface area contributed by atoms with Gasteiger partial charge in [-0.25, -0.2) is 4.79 Å². The zero-order chi connectivity index (χ0) is 16.2. The molecule has 0 saturated heterocycles. The number of carbonyl (C=O) groups is 3. The van der Waals surface area contributed by atoms with Gasteiger partial charge in [0.1, 0.15) is 11.6 Å². The first-order valence-electron chi connectivity index (χ1n) is 6.54. The van der Waals surface area contributed by atoms with Gasteiger partial charge >= 0.3 is 5.97 Å². The van der Waals surface area contributed by atoms with Crippen molar-refractivity contribution in [2.75, 3.05) is 0 Å². The molecule has 1 rings (SSSR count). The van der Waals surface area contributed by atoms with Gasteiger partial charge in [-0.1, -0.05) is 6.07 Å². The molecule has 1 aromatic carbocycles. The van der Waals surface area contributed by atoms with Crippen molar-refractivity contribution >= 4 is 17.8 Å². The van der Waals surface area contributed by atoms with E-state index >= 15 is 0 Å². The number of hydrogen-bond acceptors (Lipinski definition) is 4. The van der Waals surface area contributed by atoms with Crippen molar-refractivity contribution < 1.29 is 19.1 Å². The highest BCUT2D eigenvalue weighted by molar-refractivity contribution is 6.00. The molecule has 0 bridgehead atoms. The minimum Gasteiger partial charge on any atom is -0.458 e. The van der Waals surface area contributed by atoms with E-state index in [-0.39, 0.29) is 11.1 Å². The number of ether oxygens (including phenoxy) is 1.